The van der Waals surface area contributed by atoms with Gasteiger partial charge in [0, 0.05) is 23.7 Å². The normalized spacial score (nSPS) is 10.6. The Balaban J connectivity index is 1.64. The van der Waals surface area contributed by atoms with E-state index in [0.29, 0.717) is 41.1 Å². The van der Waals surface area contributed by atoms with E-state index in [2.05, 4.69) is 29.4 Å². The van der Waals surface area contributed by atoms with Crippen molar-refractivity contribution in [3.63, 3.8) is 0 Å². The number of aromatic nitrogens is 2. The minimum atomic E-state index is -0.0659. The number of benzene rings is 2. The Morgan fingerprint density at radius 1 is 0.966 bits per heavy atom. The molecule has 29 heavy (non-hydrogen) atoms. The molecular weight excluding hydrogens is 366 g/mol. The molecule has 0 saturated heterocycles. The fraction of sp³-hybridized carbons (Fsp3) is 0.261. The van der Waals surface area contributed by atoms with E-state index in [1.54, 1.807) is 31.4 Å². The third-order valence-corrected chi connectivity index (χ3v) is 4.37. The van der Waals surface area contributed by atoms with Crippen LogP contribution in [-0.2, 0) is 0 Å². The molecule has 1 amide bonds. The first-order valence-electron chi connectivity index (χ1n) is 9.60. The Hall–Kier alpha value is -3.41. The van der Waals surface area contributed by atoms with E-state index < -0.39 is 0 Å². The SMILES string of the molecule is COc1ccccc1Oc1ccc(-c2ccc(C(=O)NCCC(C)C)cc2)nn1. The van der Waals surface area contributed by atoms with Crippen LogP contribution in [0.4, 0.5) is 0 Å². The summed E-state index contributed by atoms with van der Waals surface area (Å²) in [7, 11) is 1.59. The van der Waals surface area contributed by atoms with Gasteiger partial charge in [0.1, 0.15) is 0 Å². The number of para-hydroxylation sites is 2. The van der Waals surface area contributed by atoms with Gasteiger partial charge in [-0.3, -0.25) is 4.79 Å². The van der Waals surface area contributed by atoms with E-state index in [0.717, 1.165) is 12.0 Å². The van der Waals surface area contributed by atoms with Crippen molar-refractivity contribution in [1.29, 1.82) is 0 Å². The summed E-state index contributed by atoms with van der Waals surface area (Å²) in [4.78, 5) is 12.2. The monoisotopic (exact) mass is 391 g/mol. The molecule has 0 atom stereocenters. The molecular formula is C23H25N3O3. The molecule has 1 aromatic heterocycles. The van der Waals surface area contributed by atoms with Crippen LogP contribution in [0.1, 0.15) is 30.6 Å². The Kier molecular flexibility index (Phi) is 6.79. The number of hydrogen-bond acceptors (Lipinski definition) is 5. The Morgan fingerprint density at radius 2 is 1.69 bits per heavy atom. The Bertz CT molecular complexity index is 938. The van der Waals surface area contributed by atoms with E-state index in [1.165, 1.54) is 0 Å². The highest BCUT2D eigenvalue weighted by molar-refractivity contribution is 5.94. The number of carbonyl (C=O) groups is 1. The lowest BCUT2D eigenvalue weighted by Crippen LogP contribution is -2.25. The Morgan fingerprint density at radius 3 is 2.31 bits per heavy atom. The summed E-state index contributed by atoms with van der Waals surface area (Å²) < 4.78 is 11.0. The third kappa shape index (κ3) is 5.54. The molecule has 0 aliphatic heterocycles. The second kappa shape index (κ2) is 9.68. The lowest BCUT2D eigenvalue weighted by Gasteiger charge is -2.09. The van der Waals surface area contributed by atoms with Crippen LogP contribution >= 0.6 is 0 Å². The molecule has 150 valence electrons. The highest BCUT2D eigenvalue weighted by Crippen LogP contribution is 2.30. The van der Waals surface area contributed by atoms with Gasteiger partial charge < -0.3 is 14.8 Å². The number of nitrogens with one attached hydrogen (secondary N) is 1. The van der Waals surface area contributed by atoms with Crippen molar-refractivity contribution in [2.24, 2.45) is 5.92 Å². The standard InChI is InChI=1S/C23H25N3O3/c1-16(2)14-15-24-23(27)18-10-8-17(9-11-18)19-12-13-22(26-25-19)29-21-7-5-4-6-20(21)28-3/h4-13,16H,14-15H2,1-3H3,(H,24,27). The zero-order valence-electron chi connectivity index (χ0n) is 16.9. The van der Waals surface area contributed by atoms with Gasteiger partial charge in [-0.2, -0.15) is 0 Å². The molecule has 0 spiro atoms. The second-order valence-corrected chi connectivity index (χ2v) is 7.03. The number of methoxy groups -OCH3 is 1. The Labute approximate surface area is 170 Å². The smallest absolute Gasteiger partial charge is 0.251 e. The predicted octanol–water partition coefficient (Wildman–Crippen LogP) is 4.72. The van der Waals surface area contributed by atoms with E-state index in [-0.39, 0.29) is 5.91 Å². The molecule has 3 rings (SSSR count). The highest BCUT2D eigenvalue weighted by atomic mass is 16.5. The van der Waals surface area contributed by atoms with Gasteiger partial charge in [-0.15, -0.1) is 10.2 Å². The molecule has 0 fully saturated rings. The number of ether oxygens (including phenoxy) is 2. The topological polar surface area (TPSA) is 73.3 Å². The summed E-state index contributed by atoms with van der Waals surface area (Å²) in [6.45, 7) is 4.95. The summed E-state index contributed by atoms with van der Waals surface area (Å²) in [5.74, 6) is 2.07. The molecule has 1 heterocycles. The lowest BCUT2D eigenvalue weighted by molar-refractivity contribution is 0.0952. The minimum absolute atomic E-state index is 0.0659. The zero-order valence-corrected chi connectivity index (χ0v) is 16.9. The summed E-state index contributed by atoms with van der Waals surface area (Å²) in [5.41, 5.74) is 2.20. The van der Waals surface area contributed by atoms with E-state index >= 15 is 0 Å². The maximum atomic E-state index is 12.2. The molecule has 0 radical (unpaired) electrons. The van der Waals surface area contributed by atoms with Gasteiger partial charge >= 0.3 is 0 Å². The van der Waals surface area contributed by atoms with E-state index in [1.807, 2.05) is 36.4 Å². The summed E-state index contributed by atoms with van der Waals surface area (Å²) in [6.07, 6.45) is 0.961. The first-order chi connectivity index (χ1) is 14.1. The van der Waals surface area contributed by atoms with Gasteiger partial charge in [-0.1, -0.05) is 38.1 Å². The molecule has 0 unspecified atom stereocenters. The average Bonchev–Trinajstić information content (AvgIpc) is 2.74. The van der Waals surface area contributed by atoms with Gasteiger partial charge in [0.05, 0.1) is 12.8 Å². The number of nitrogens with zero attached hydrogens (tertiary/aromatic N) is 2. The quantitative estimate of drug-likeness (QED) is 0.601. The van der Waals surface area contributed by atoms with Crippen LogP contribution in [-0.4, -0.2) is 29.8 Å². The molecule has 3 aromatic rings. The second-order valence-electron chi connectivity index (χ2n) is 7.03. The zero-order chi connectivity index (χ0) is 20.6. The van der Waals surface area contributed by atoms with Crippen LogP contribution in [0.15, 0.2) is 60.7 Å². The molecule has 0 aliphatic carbocycles. The molecule has 0 bridgehead atoms. The van der Waals surface area contributed by atoms with Crippen LogP contribution in [0.3, 0.4) is 0 Å². The van der Waals surface area contributed by atoms with Crippen LogP contribution in [0, 0.1) is 5.92 Å². The van der Waals surface area contributed by atoms with Gasteiger partial charge in [0.2, 0.25) is 5.88 Å². The van der Waals surface area contributed by atoms with Crippen LogP contribution < -0.4 is 14.8 Å². The first kappa shape index (κ1) is 20.3. The fourth-order valence-electron chi connectivity index (χ4n) is 2.71. The molecule has 6 nitrogen and oxygen atoms in total. The summed E-state index contributed by atoms with van der Waals surface area (Å²) in [5, 5.41) is 11.3. The van der Waals surface area contributed by atoms with Crippen molar-refractivity contribution in [1.82, 2.24) is 15.5 Å². The van der Waals surface area contributed by atoms with E-state index in [4.69, 9.17) is 9.47 Å². The van der Waals surface area contributed by atoms with Crippen molar-refractivity contribution >= 4 is 5.91 Å². The van der Waals surface area contributed by atoms with Crippen molar-refractivity contribution in [3.8, 4) is 28.6 Å². The van der Waals surface area contributed by atoms with Crippen LogP contribution in [0.5, 0.6) is 17.4 Å². The maximum Gasteiger partial charge on any atom is 0.251 e. The predicted molar refractivity (Wildman–Crippen MR) is 112 cm³/mol. The van der Waals surface area contributed by atoms with Crippen LogP contribution in [0.25, 0.3) is 11.3 Å². The summed E-state index contributed by atoms with van der Waals surface area (Å²) in [6, 6.07) is 18.2. The van der Waals surface area contributed by atoms with Crippen LogP contribution in [0.2, 0.25) is 0 Å². The molecule has 0 saturated carbocycles. The third-order valence-electron chi connectivity index (χ3n) is 4.37. The van der Waals surface area contributed by atoms with Gasteiger partial charge in [0.15, 0.2) is 11.5 Å². The average molecular weight is 391 g/mol. The number of hydrogen-bond donors (Lipinski definition) is 1. The van der Waals surface area contributed by atoms with Gasteiger partial charge in [0.25, 0.3) is 5.91 Å². The number of amides is 1. The number of carbonyl (C=O) groups excluding carboxylic acids is 1. The van der Waals surface area contributed by atoms with Crippen molar-refractivity contribution in [3.05, 3.63) is 66.2 Å². The largest absolute Gasteiger partial charge is 0.493 e. The highest BCUT2D eigenvalue weighted by Gasteiger charge is 2.09. The lowest BCUT2D eigenvalue weighted by atomic mass is 10.1. The summed E-state index contributed by atoms with van der Waals surface area (Å²) >= 11 is 0. The number of rotatable bonds is 8. The molecule has 0 aliphatic rings. The van der Waals surface area contributed by atoms with Crippen molar-refractivity contribution in [2.45, 2.75) is 20.3 Å². The maximum absolute atomic E-state index is 12.2. The van der Waals surface area contributed by atoms with Crippen molar-refractivity contribution in [2.75, 3.05) is 13.7 Å². The fourth-order valence-corrected chi connectivity index (χ4v) is 2.71. The first-order valence-corrected chi connectivity index (χ1v) is 9.60. The molecule has 2 aromatic carbocycles. The van der Waals surface area contributed by atoms with Gasteiger partial charge in [-0.05, 0) is 42.7 Å². The molecule has 6 heteroatoms. The minimum Gasteiger partial charge on any atom is -0.493 e. The van der Waals surface area contributed by atoms with Crippen molar-refractivity contribution < 1.29 is 14.3 Å². The van der Waals surface area contributed by atoms with E-state index in [9.17, 15) is 4.79 Å². The molecule has 1 N–H and O–H groups in total. The van der Waals surface area contributed by atoms with Gasteiger partial charge in [-0.25, -0.2) is 0 Å².